The monoisotopic (exact) mass is 440 g/mol. The third-order valence-corrected chi connectivity index (χ3v) is 8.25. The zero-order valence-corrected chi connectivity index (χ0v) is 18.7. The Kier molecular flexibility index (Phi) is 5.88. The third kappa shape index (κ3) is 4.51. The Morgan fingerprint density at radius 3 is 2.48 bits per heavy atom. The molecule has 4 rings (SSSR count). The summed E-state index contributed by atoms with van der Waals surface area (Å²) >= 11 is 0. The summed E-state index contributed by atoms with van der Waals surface area (Å²) in [5.41, 5.74) is 3.52. The lowest BCUT2D eigenvalue weighted by molar-refractivity contribution is -0.119. The number of fused-ring (bicyclic) bond motifs is 1. The molecule has 1 aliphatic carbocycles. The Morgan fingerprint density at radius 2 is 1.84 bits per heavy atom. The van der Waals surface area contributed by atoms with Crippen molar-refractivity contribution >= 4 is 33.0 Å². The van der Waals surface area contributed by atoms with Crippen LogP contribution in [0.5, 0.6) is 0 Å². The topological polar surface area (TPSA) is 83.6 Å². The van der Waals surface area contributed by atoms with Crippen molar-refractivity contribution in [1.82, 2.24) is 0 Å². The second kappa shape index (κ2) is 8.46. The number of hydrogen-bond acceptors (Lipinski definition) is 4. The zero-order valence-electron chi connectivity index (χ0n) is 17.9. The van der Waals surface area contributed by atoms with E-state index in [4.69, 9.17) is 0 Å². The molecule has 1 N–H and O–H groups in total. The van der Waals surface area contributed by atoms with Crippen LogP contribution in [0.25, 0.3) is 0 Å². The molecule has 2 aromatic carbocycles. The fourth-order valence-electron chi connectivity index (χ4n) is 3.97. The fourth-order valence-corrected chi connectivity index (χ4v) is 5.37. The minimum atomic E-state index is -3.66. The molecule has 0 saturated heterocycles. The van der Waals surface area contributed by atoms with Crippen LogP contribution in [-0.2, 0) is 32.3 Å². The van der Waals surface area contributed by atoms with Gasteiger partial charge in [-0.2, -0.15) is 0 Å². The molecule has 6 nitrogen and oxygen atoms in total. The van der Waals surface area contributed by atoms with Crippen molar-refractivity contribution < 1.29 is 18.0 Å². The maximum Gasteiger partial charge on any atom is 0.230 e. The number of anilines is 2. The SMILES string of the molecule is CCc1ccc(NC(=O)CC(C)S(=O)(=O)c2ccc3c(c2)CCN3C(=O)C2CC2)cc1. The minimum Gasteiger partial charge on any atom is -0.326 e. The molecule has 0 aromatic heterocycles. The molecule has 1 atom stereocenters. The summed E-state index contributed by atoms with van der Waals surface area (Å²) in [6, 6.07) is 12.5. The Morgan fingerprint density at radius 1 is 1.13 bits per heavy atom. The number of rotatable bonds is 7. The predicted octanol–water partition coefficient (Wildman–Crippen LogP) is 3.74. The van der Waals surface area contributed by atoms with Crippen molar-refractivity contribution in [3.05, 3.63) is 53.6 Å². The summed E-state index contributed by atoms with van der Waals surface area (Å²) in [4.78, 5) is 26.8. The van der Waals surface area contributed by atoms with E-state index < -0.39 is 15.1 Å². The highest BCUT2D eigenvalue weighted by atomic mass is 32.2. The number of benzene rings is 2. The van der Waals surface area contributed by atoms with E-state index in [1.54, 1.807) is 30.0 Å². The summed E-state index contributed by atoms with van der Waals surface area (Å²) < 4.78 is 26.2. The lowest BCUT2D eigenvalue weighted by Gasteiger charge is -2.18. The van der Waals surface area contributed by atoms with Crippen LogP contribution in [-0.4, -0.2) is 32.0 Å². The molecule has 1 unspecified atom stereocenters. The summed E-state index contributed by atoms with van der Waals surface area (Å²) in [5, 5.41) is 1.92. The van der Waals surface area contributed by atoms with Gasteiger partial charge in [0.15, 0.2) is 9.84 Å². The van der Waals surface area contributed by atoms with E-state index in [9.17, 15) is 18.0 Å². The normalized spacial score (nSPS) is 16.6. The maximum atomic E-state index is 13.1. The quantitative estimate of drug-likeness (QED) is 0.711. The van der Waals surface area contributed by atoms with Crippen LogP contribution >= 0.6 is 0 Å². The van der Waals surface area contributed by atoms with Crippen molar-refractivity contribution in [2.75, 3.05) is 16.8 Å². The van der Waals surface area contributed by atoms with E-state index in [-0.39, 0.29) is 29.0 Å². The highest BCUT2D eigenvalue weighted by Gasteiger charge is 2.37. The average Bonchev–Trinajstić information content (AvgIpc) is 3.52. The molecule has 2 amide bonds. The highest BCUT2D eigenvalue weighted by Crippen LogP contribution is 2.37. The van der Waals surface area contributed by atoms with Gasteiger partial charge >= 0.3 is 0 Å². The van der Waals surface area contributed by atoms with Gasteiger partial charge in [-0.1, -0.05) is 19.1 Å². The molecule has 0 spiro atoms. The minimum absolute atomic E-state index is 0.124. The molecule has 164 valence electrons. The average molecular weight is 441 g/mol. The number of nitrogens with one attached hydrogen (secondary N) is 1. The van der Waals surface area contributed by atoms with E-state index in [1.165, 1.54) is 5.56 Å². The van der Waals surface area contributed by atoms with Crippen LogP contribution in [0.4, 0.5) is 11.4 Å². The highest BCUT2D eigenvalue weighted by molar-refractivity contribution is 7.92. The van der Waals surface area contributed by atoms with Crippen LogP contribution in [0.15, 0.2) is 47.4 Å². The molecule has 1 aliphatic heterocycles. The molecule has 31 heavy (non-hydrogen) atoms. The number of sulfone groups is 1. The number of carbonyl (C=O) groups excluding carboxylic acids is 2. The molecule has 1 heterocycles. The van der Waals surface area contributed by atoms with Crippen molar-refractivity contribution in [3.63, 3.8) is 0 Å². The van der Waals surface area contributed by atoms with Crippen LogP contribution in [0.2, 0.25) is 0 Å². The van der Waals surface area contributed by atoms with Gasteiger partial charge in [-0.3, -0.25) is 9.59 Å². The summed E-state index contributed by atoms with van der Waals surface area (Å²) in [6.07, 6.45) is 3.33. The summed E-state index contributed by atoms with van der Waals surface area (Å²) in [7, 11) is -3.66. The first kappa shape index (κ1) is 21.6. The maximum absolute atomic E-state index is 13.1. The zero-order chi connectivity index (χ0) is 22.2. The smallest absolute Gasteiger partial charge is 0.230 e. The van der Waals surface area contributed by atoms with Gasteiger partial charge in [0, 0.05) is 30.3 Å². The largest absolute Gasteiger partial charge is 0.326 e. The fraction of sp³-hybridized carbons (Fsp3) is 0.417. The number of hydrogen-bond donors (Lipinski definition) is 1. The standard InChI is InChI=1S/C24H28N2O4S/c1-3-17-4-8-20(9-5-17)25-23(27)14-16(2)31(29,30)21-10-11-22-19(15-21)12-13-26(22)24(28)18-6-7-18/h4-5,8-11,15-16,18H,3,6-7,12-14H2,1-2H3,(H,25,27). The lowest BCUT2D eigenvalue weighted by atomic mass is 10.1. The van der Waals surface area contributed by atoms with E-state index >= 15 is 0 Å². The second-order valence-electron chi connectivity index (χ2n) is 8.46. The van der Waals surface area contributed by atoms with Crippen LogP contribution in [0.3, 0.4) is 0 Å². The molecule has 7 heteroatoms. The Labute approximate surface area is 183 Å². The van der Waals surface area contributed by atoms with Gasteiger partial charge in [-0.25, -0.2) is 8.42 Å². The Bertz CT molecular complexity index is 1100. The van der Waals surface area contributed by atoms with E-state index in [0.717, 1.165) is 30.5 Å². The number of nitrogens with zero attached hydrogens (tertiary/aromatic N) is 1. The first-order chi connectivity index (χ1) is 14.8. The molecular weight excluding hydrogens is 412 g/mol. The van der Waals surface area contributed by atoms with Gasteiger partial charge in [0.05, 0.1) is 10.1 Å². The van der Waals surface area contributed by atoms with Gasteiger partial charge in [0.25, 0.3) is 0 Å². The Hall–Kier alpha value is -2.67. The van der Waals surface area contributed by atoms with Crippen molar-refractivity contribution in [1.29, 1.82) is 0 Å². The van der Waals surface area contributed by atoms with Crippen LogP contribution in [0, 0.1) is 5.92 Å². The molecular formula is C24H28N2O4S. The molecule has 0 bridgehead atoms. The molecule has 1 fully saturated rings. The predicted molar refractivity (Wildman–Crippen MR) is 121 cm³/mol. The van der Waals surface area contributed by atoms with E-state index in [1.807, 2.05) is 24.3 Å². The second-order valence-corrected chi connectivity index (χ2v) is 10.8. The van der Waals surface area contributed by atoms with Crippen LogP contribution in [0.1, 0.15) is 44.2 Å². The number of aryl methyl sites for hydroxylation is 1. The van der Waals surface area contributed by atoms with Gasteiger partial charge in [0.2, 0.25) is 11.8 Å². The number of carbonyl (C=O) groups is 2. The number of amides is 2. The summed E-state index contributed by atoms with van der Waals surface area (Å²) in [6.45, 7) is 4.22. The third-order valence-electron chi connectivity index (χ3n) is 6.12. The summed E-state index contributed by atoms with van der Waals surface area (Å²) in [5.74, 6) is -0.0554. The van der Waals surface area contributed by atoms with Crippen molar-refractivity contribution in [3.8, 4) is 0 Å². The van der Waals surface area contributed by atoms with E-state index in [2.05, 4.69) is 12.2 Å². The van der Waals surface area contributed by atoms with Crippen molar-refractivity contribution in [2.45, 2.75) is 56.1 Å². The van der Waals surface area contributed by atoms with Crippen molar-refractivity contribution in [2.24, 2.45) is 5.92 Å². The van der Waals surface area contributed by atoms with Gasteiger partial charge < -0.3 is 10.2 Å². The first-order valence-corrected chi connectivity index (χ1v) is 12.4. The van der Waals surface area contributed by atoms with Gasteiger partial charge in [-0.05, 0) is 74.1 Å². The first-order valence-electron chi connectivity index (χ1n) is 10.9. The molecule has 2 aliphatic rings. The van der Waals surface area contributed by atoms with Gasteiger partial charge in [-0.15, -0.1) is 0 Å². The van der Waals surface area contributed by atoms with E-state index in [0.29, 0.717) is 18.7 Å². The molecule has 0 radical (unpaired) electrons. The molecule has 1 saturated carbocycles. The lowest BCUT2D eigenvalue weighted by Crippen LogP contribution is -2.30. The molecule has 2 aromatic rings. The van der Waals surface area contributed by atoms with Crippen LogP contribution < -0.4 is 10.2 Å². The Balaban J connectivity index is 1.43. The van der Waals surface area contributed by atoms with Gasteiger partial charge in [0.1, 0.15) is 0 Å².